The molecule has 2 aromatic rings. The number of para-hydroxylation sites is 1. The van der Waals surface area contributed by atoms with Gasteiger partial charge in [0.05, 0.1) is 12.8 Å². The van der Waals surface area contributed by atoms with Crippen molar-refractivity contribution in [3.8, 4) is 5.75 Å². The standard InChI is InChI=1S/C21H25N3O3/c1-4-27-19-8-6-5-7-17(19)14-22-24-21(26)12-11-20(25)23-18-13-15(2)9-10-16(18)3/h5-10,13-14H,4,11-12H2,1-3H3,(H,23,25)(H,24,26)/b22-14+. The van der Waals surface area contributed by atoms with E-state index in [0.29, 0.717) is 12.4 Å². The smallest absolute Gasteiger partial charge is 0.240 e. The topological polar surface area (TPSA) is 79.8 Å². The second kappa shape index (κ2) is 10.1. The zero-order valence-electron chi connectivity index (χ0n) is 15.9. The fourth-order valence-corrected chi connectivity index (χ4v) is 2.41. The Kier molecular flexibility index (Phi) is 7.55. The van der Waals surface area contributed by atoms with Gasteiger partial charge in [-0.2, -0.15) is 5.10 Å². The molecule has 2 N–H and O–H groups in total. The van der Waals surface area contributed by atoms with Crippen LogP contribution in [0.25, 0.3) is 0 Å². The maximum absolute atomic E-state index is 12.0. The molecule has 0 radical (unpaired) electrons. The van der Waals surface area contributed by atoms with Crippen LogP contribution in [0, 0.1) is 13.8 Å². The van der Waals surface area contributed by atoms with Gasteiger partial charge in [-0.1, -0.05) is 24.3 Å². The quantitative estimate of drug-likeness (QED) is 0.553. The summed E-state index contributed by atoms with van der Waals surface area (Å²) in [6.45, 7) is 6.34. The Bertz CT molecular complexity index is 831. The van der Waals surface area contributed by atoms with Crippen LogP contribution in [-0.4, -0.2) is 24.6 Å². The molecule has 0 spiro atoms. The number of amides is 2. The van der Waals surface area contributed by atoms with E-state index in [2.05, 4.69) is 15.8 Å². The monoisotopic (exact) mass is 367 g/mol. The molecule has 0 saturated carbocycles. The Morgan fingerprint density at radius 3 is 2.59 bits per heavy atom. The molecule has 0 aliphatic rings. The van der Waals surface area contributed by atoms with Crippen molar-refractivity contribution in [2.24, 2.45) is 5.10 Å². The highest BCUT2D eigenvalue weighted by atomic mass is 16.5. The maximum Gasteiger partial charge on any atom is 0.240 e. The second-order valence-corrected chi connectivity index (χ2v) is 6.13. The zero-order chi connectivity index (χ0) is 19.6. The third-order valence-corrected chi connectivity index (χ3v) is 3.86. The summed E-state index contributed by atoms with van der Waals surface area (Å²) in [5, 5.41) is 6.77. The number of hydrogen-bond donors (Lipinski definition) is 2. The van der Waals surface area contributed by atoms with E-state index in [-0.39, 0.29) is 24.7 Å². The van der Waals surface area contributed by atoms with Crippen LogP contribution in [0.4, 0.5) is 5.69 Å². The molecule has 0 bridgehead atoms. The van der Waals surface area contributed by atoms with Gasteiger partial charge in [0.2, 0.25) is 11.8 Å². The van der Waals surface area contributed by atoms with Gasteiger partial charge >= 0.3 is 0 Å². The van der Waals surface area contributed by atoms with Crippen molar-refractivity contribution in [3.63, 3.8) is 0 Å². The number of hydrazone groups is 1. The summed E-state index contributed by atoms with van der Waals surface area (Å²) in [6.07, 6.45) is 1.67. The molecule has 0 atom stereocenters. The van der Waals surface area contributed by atoms with Crippen molar-refractivity contribution >= 4 is 23.7 Å². The maximum atomic E-state index is 12.0. The molecule has 2 aromatic carbocycles. The molecule has 142 valence electrons. The molecule has 0 unspecified atom stereocenters. The zero-order valence-corrected chi connectivity index (χ0v) is 15.9. The molecular formula is C21H25N3O3. The van der Waals surface area contributed by atoms with Gasteiger partial charge < -0.3 is 10.1 Å². The molecule has 6 heteroatoms. The van der Waals surface area contributed by atoms with Gasteiger partial charge in [0.15, 0.2) is 0 Å². The average molecular weight is 367 g/mol. The molecule has 0 heterocycles. The molecule has 27 heavy (non-hydrogen) atoms. The number of hydrogen-bond acceptors (Lipinski definition) is 4. The van der Waals surface area contributed by atoms with E-state index in [9.17, 15) is 9.59 Å². The van der Waals surface area contributed by atoms with Crippen LogP contribution >= 0.6 is 0 Å². The highest BCUT2D eigenvalue weighted by Crippen LogP contribution is 2.17. The summed E-state index contributed by atoms with van der Waals surface area (Å²) in [7, 11) is 0. The third kappa shape index (κ3) is 6.58. The van der Waals surface area contributed by atoms with Crippen LogP contribution in [0.15, 0.2) is 47.6 Å². The Labute approximate surface area is 159 Å². The van der Waals surface area contributed by atoms with Crippen LogP contribution < -0.4 is 15.5 Å². The minimum Gasteiger partial charge on any atom is -0.493 e. The normalized spacial score (nSPS) is 10.6. The first-order chi connectivity index (χ1) is 13.0. The van der Waals surface area contributed by atoms with Crippen LogP contribution in [0.2, 0.25) is 0 Å². The number of nitrogens with one attached hydrogen (secondary N) is 2. The van der Waals surface area contributed by atoms with E-state index in [1.165, 1.54) is 6.21 Å². The van der Waals surface area contributed by atoms with E-state index in [1.54, 1.807) is 0 Å². The SMILES string of the molecule is CCOc1ccccc1/C=N/NC(=O)CCC(=O)Nc1cc(C)ccc1C. The molecule has 2 rings (SSSR count). The van der Waals surface area contributed by atoms with E-state index >= 15 is 0 Å². The average Bonchev–Trinajstić information content (AvgIpc) is 2.65. The van der Waals surface area contributed by atoms with Crippen molar-refractivity contribution in [2.75, 3.05) is 11.9 Å². The van der Waals surface area contributed by atoms with Gasteiger partial charge in [-0.15, -0.1) is 0 Å². The largest absolute Gasteiger partial charge is 0.493 e. The fourth-order valence-electron chi connectivity index (χ4n) is 2.41. The van der Waals surface area contributed by atoms with Crippen molar-refractivity contribution in [2.45, 2.75) is 33.6 Å². The fraction of sp³-hybridized carbons (Fsp3) is 0.286. The van der Waals surface area contributed by atoms with Crippen LogP contribution in [0.1, 0.15) is 36.5 Å². The van der Waals surface area contributed by atoms with Crippen molar-refractivity contribution in [1.29, 1.82) is 0 Å². The van der Waals surface area contributed by atoms with E-state index in [4.69, 9.17) is 4.74 Å². The Hall–Kier alpha value is -3.15. The number of carbonyl (C=O) groups excluding carboxylic acids is 2. The van der Waals surface area contributed by atoms with Gasteiger partial charge in [0, 0.05) is 24.1 Å². The van der Waals surface area contributed by atoms with E-state index in [1.807, 2.05) is 63.2 Å². The first-order valence-electron chi connectivity index (χ1n) is 8.90. The van der Waals surface area contributed by atoms with Gasteiger partial charge in [0.1, 0.15) is 5.75 Å². The van der Waals surface area contributed by atoms with E-state index in [0.717, 1.165) is 22.4 Å². The summed E-state index contributed by atoms with van der Waals surface area (Å²) in [5.41, 5.74) is 6.02. The van der Waals surface area contributed by atoms with Gasteiger partial charge in [-0.3, -0.25) is 9.59 Å². The Balaban J connectivity index is 1.81. The molecular weight excluding hydrogens is 342 g/mol. The predicted molar refractivity (Wildman–Crippen MR) is 107 cm³/mol. The minimum absolute atomic E-state index is 0.0567. The molecule has 0 fully saturated rings. The second-order valence-electron chi connectivity index (χ2n) is 6.13. The molecule has 0 aliphatic carbocycles. The summed E-state index contributed by atoms with van der Waals surface area (Å²) in [6, 6.07) is 13.3. The number of benzene rings is 2. The molecule has 0 saturated heterocycles. The summed E-state index contributed by atoms with van der Waals surface area (Å²) in [4.78, 5) is 23.9. The number of nitrogens with zero attached hydrogens (tertiary/aromatic N) is 1. The van der Waals surface area contributed by atoms with E-state index < -0.39 is 0 Å². The lowest BCUT2D eigenvalue weighted by atomic mass is 10.1. The highest BCUT2D eigenvalue weighted by molar-refractivity contribution is 5.94. The summed E-state index contributed by atoms with van der Waals surface area (Å²) >= 11 is 0. The predicted octanol–water partition coefficient (Wildman–Crippen LogP) is 3.57. The lowest BCUT2D eigenvalue weighted by molar-refractivity contribution is -0.124. The Morgan fingerprint density at radius 1 is 1.07 bits per heavy atom. The Morgan fingerprint density at radius 2 is 1.81 bits per heavy atom. The van der Waals surface area contributed by atoms with Crippen LogP contribution in [0.3, 0.4) is 0 Å². The van der Waals surface area contributed by atoms with Crippen LogP contribution in [-0.2, 0) is 9.59 Å². The number of carbonyl (C=O) groups is 2. The number of ether oxygens (including phenoxy) is 1. The lowest BCUT2D eigenvalue weighted by Crippen LogP contribution is -2.21. The minimum atomic E-state index is -0.323. The molecule has 6 nitrogen and oxygen atoms in total. The number of rotatable bonds is 8. The molecule has 0 aliphatic heterocycles. The number of aryl methyl sites for hydroxylation is 2. The summed E-state index contributed by atoms with van der Waals surface area (Å²) in [5.74, 6) is 0.173. The highest BCUT2D eigenvalue weighted by Gasteiger charge is 2.08. The molecule has 0 aromatic heterocycles. The van der Waals surface area contributed by atoms with Crippen LogP contribution in [0.5, 0.6) is 5.75 Å². The first-order valence-corrected chi connectivity index (χ1v) is 8.90. The van der Waals surface area contributed by atoms with Crippen molar-refractivity contribution in [1.82, 2.24) is 5.43 Å². The lowest BCUT2D eigenvalue weighted by Gasteiger charge is -2.09. The number of anilines is 1. The van der Waals surface area contributed by atoms with Gasteiger partial charge in [-0.25, -0.2) is 5.43 Å². The third-order valence-electron chi connectivity index (χ3n) is 3.86. The molecule has 2 amide bonds. The van der Waals surface area contributed by atoms with Crippen molar-refractivity contribution in [3.05, 3.63) is 59.2 Å². The first kappa shape index (κ1) is 20.2. The van der Waals surface area contributed by atoms with Gasteiger partial charge in [-0.05, 0) is 50.1 Å². The summed E-state index contributed by atoms with van der Waals surface area (Å²) < 4.78 is 5.49. The van der Waals surface area contributed by atoms with Crippen molar-refractivity contribution < 1.29 is 14.3 Å². The van der Waals surface area contributed by atoms with Gasteiger partial charge in [0.25, 0.3) is 0 Å².